The Balaban J connectivity index is 2.65. The van der Waals surface area contributed by atoms with Crippen molar-refractivity contribution in [2.24, 2.45) is 0 Å². The molecule has 0 fully saturated rings. The zero-order valence-corrected chi connectivity index (χ0v) is 14.9. The first-order valence-electron chi connectivity index (χ1n) is 8.39. The Kier molecular flexibility index (Phi) is 9.02. The third kappa shape index (κ3) is 8.23. The molecule has 0 aliphatic heterocycles. The predicted octanol–water partition coefficient (Wildman–Crippen LogP) is 4.56. The van der Waals surface area contributed by atoms with Crippen molar-refractivity contribution in [1.29, 1.82) is 0 Å². The Morgan fingerprint density at radius 2 is 1.57 bits per heavy atom. The highest BCUT2D eigenvalue weighted by atomic mass is 32.3. The van der Waals surface area contributed by atoms with Crippen LogP contribution >= 0.6 is 0 Å². The normalized spacial score (nSPS) is 11.4. The first kappa shape index (κ1) is 19.8. The maximum Gasteiger partial charge on any atom is 0.446 e. The predicted molar refractivity (Wildman–Crippen MR) is 91.5 cm³/mol. The molecule has 1 aromatic rings. The topological polar surface area (TPSA) is 72.8 Å². The lowest BCUT2D eigenvalue weighted by molar-refractivity contribution is 0.332. The molecule has 0 unspecified atom stereocenters. The van der Waals surface area contributed by atoms with Crippen LogP contribution in [0.2, 0.25) is 0 Å². The largest absolute Gasteiger partial charge is 0.493 e. The van der Waals surface area contributed by atoms with Crippen molar-refractivity contribution >= 4 is 10.4 Å². The van der Waals surface area contributed by atoms with Crippen LogP contribution in [0.4, 0.5) is 0 Å². The van der Waals surface area contributed by atoms with E-state index in [2.05, 4.69) is 11.1 Å². The first-order chi connectivity index (χ1) is 11.0. The summed E-state index contributed by atoms with van der Waals surface area (Å²) in [5.74, 6) is 0.754. The van der Waals surface area contributed by atoms with E-state index in [4.69, 9.17) is 9.29 Å². The lowest BCUT2D eigenvalue weighted by atomic mass is 10.0. The molecule has 6 heteroatoms. The lowest BCUT2D eigenvalue weighted by Crippen LogP contribution is -2.09. The van der Waals surface area contributed by atoms with Gasteiger partial charge < -0.3 is 8.92 Å². The molecule has 0 aromatic heterocycles. The fourth-order valence-corrected chi connectivity index (χ4v) is 2.92. The van der Waals surface area contributed by atoms with Crippen LogP contribution in [0.5, 0.6) is 11.5 Å². The molecule has 0 atom stereocenters. The van der Waals surface area contributed by atoms with Crippen LogP contribution in [-0.2, 0) is 16.8 Å². The average molecular weight is 344 g/mol. The first-order valence-corrected chi connectivity index (χ1v) is 9.76. The van der Waals surface area contributed by atoms with Crippen molar-refractivity contribution in [2.75, 3.05) is 6.61 Å². The Morgan fingerprint density at radius 3 is 2.17 bits per heavy atom. The number of hydrogen-bond donors (Lipinski definition) is 1. The minimum Gasteiger partial charge on any atom is -0.493 e. The molecule has 0 aliphatic carbocycles. The molecule has 0 bridgehead atoms. The summed E-state index contributed by atoms with van der Waals surface area (Å²) in [4.78, 5) is 0. The molecule has 132 valence electrons. The Labute approximate surface area is 140 Å². The van der Waals surface area contributed by atoms with Crippen LogP contribution in [0.15, 0.2) is 18.2 Å². The number of benzene rings is 1. The van der Waals surface area contributed by atoms with Gasteiger partial charge in [-0.05, 0) is 31.9 Å². The van der Waals surface area contributed by atoms with E-state index in [1.165, 1.54) is 38.2 Å². The van der Waals surface area contributed by atoms with Crippen molar-refractivity contribution in [3.8, 4) is 11.5 Å². The van der Waals surface area contributed by atoms with Gasteiger partial charge in [0, 0.05) is 5.56 Å². The highest BCUT2D eigenvalue weighted by molar-refractivity contribution is 7.81. The third-order valence-electron chi connectivity index (χ3n) is 3.62. The van der Waals surface area contributed by atoms with Crippen LogP contribution in [0, 0.1) is 0 Å². The van der Waals surface area contributed by atoms with Crippen molar-refractivity contribution in [3.05, 3.63) is 23.8 Å². The SMILES string of the molecule is CCCCCCCCCc1c(OCC)cccc1OS(=O)(=O)O. The summed E-state index contributed by atoms with van der Waals surface area (Å²) in [5.41, 5.74) is 0.695. The molecule has 0 heterocycles. The van der Waals surface area contributed by atoms with E-state index in [-0.39, 0.29) is 5.75 Å². The summed E-state index contributed by atoms with van der Waals surface area (Å²) >= 11 is 0. The van der Waals surface area contributed by atoms with Crippen molar-refractivity contribution in [2.45, 2.75) is 65.2 Å². The van der Waals surface area contributed by atoms with E-state index in [9.17, 15) is 8.42 Å². The fraction of sp³-hybridized carbons (Fsp3) is 0.647. The smallest absolute Gasteiger partial charge is 0.446 e. The summed E-state index contributed by atoms with van der Waals surface area (Å²) in [7, 11) is -4.53. The second-order valence-electron chi connectivity index (χ2n) is 5.55. The highest BCUT2D eigenvalue weighted by Crippen LogP contribution is 2.31. The van der Waals surface area contributed by atoms with Gasteiger partial charge in [0.15, 0.2) is 5.75 Å². The fourth-order valence-electron chi connectivity index (χ4n) is 2.53. The number of rotatable bonds is 12. The van der Waals surface area contributed by atoms with Gasteiger partial charge in [-0.2, -0.15) is 8.42 Å². The minimum absolute atomic E-state index is 0.143. The van der Waals surface area contributed by atoms with E-state index < -0.39 is 10.4 Å². The molecule has 5 nitrogen and oxygen atoms in total. The molecule has 0 saturated heterocycles. The second kappa shape index (κ2) is 10.5. The van der Waals surface area contributed by atoms with E-state index >= 15 is 0 Å². The summed E-state index contributed by atoms with van der Waals surface area (Å²) in [6.07, 6.45) is 8.85. The second-order valence-corrected chi connectivity index (χ2v) is 6.57. The van der Waals surface area contributed by atoms with Crippen molar-refractivity contribution in [3.63, 3.8) is 0 Å². The zero-order valence-electron chi connectivity index (χ0n) is 14.1. The van der Waals surface area contributed by atoms with Gasteiger partial charge in [0.2, 0.25) is 0 Å². The van der Waals surface area contributed by atoms with E-state index in [1.54, 1.807) is 12.1 Å². The van der Waals surface area contributed by atoms with Crippen molar-refractivity contribution < 1.29 is 21.9 Å². The van der Waals surface area contributed by atoms with E-state index in [0.29, 0.717) is 24.3 Å². The number of hydrogen-bond acceptors (Lipinski definition) is 4. The monoisotopic (exact) mass is 344 g/mol. The number of ether oxygens (including phenoxy) is 1. The van der Waals surface area contributed by atoms with Gasteiger partial charge >= 0.3 is 10.4 Å². The lowest BCUT2D eigenvalue weighted by Gasteiger charge is -2.14. The maximum absolute atomic E-state index is 11.0. The van der Waals surface area contributed by atoms with Gasteiger partial charge in [-0.25, -0.2) is 0 Å². The molecule has 0 aliphatic rings. The molecule has 1 N–H and O–H groups in total. The minimum atomic E-state index is -4.53. The molecule has 0 radical (unpaired) electrons. The van der Waals surface area contributed by atoms with Gasteiger partial charge in [-0.1, -0.05) is 51.5 Å². The summed E-state index contributed by atoms with van der Waals surface area (Å²) in [6, 6.07) is 4.98. The summed E-state index contributed by atoms with van der Waals surface area (Å²) in [5, 5.41) is 0. The van der Waals surface area contributed by atoms with Crippen LogP contribution in [-0.4, -0.2) is 19.6 Å². The summed E-state index contributed by atoms with van der Waals surface area (Å²) < 4.78 is 41.1. The standard InChI is InChI=1S/C17H28O5S/c1-3-5-6-7-8-9-10-12-15-16(21-4-2)13-11-14-17(15)22-23(18,19)20/h11,13-14H,3-10,12H2,1-2H3,(H,18,19,20). The zero-order chi connectivity index (χ0) is 17.1. The van der Waals surface area contributed by atoms with Crippen LogP contribution in [0.1, 0.15) is 64.4 Å². The maximum atomic E-state index is 11.0. The summed E-state index contributed by atoms with van der Waals surface area (Å²) in [6.45, 7) is 4.55. The van der Waals surface area contributed by atoms with E-state index in [1.807, 2.05) is 6.92 Å². The Morgan fingerprint density at radius 1 is 0.957 bits per heavy atom. The highest BCUT2D eigenvalue weighted by Gasteiger charge is 2.15. The molecule has 23 heavy (non-hydrogen) atoms. The van der Waals surface area contributed by atoms with Crippen LogP contribution in [0.25, 0.3) is 0 Å². The van der Waals surface area contributed by atoms with Gasteiger partial charge in [0.1, 0.15) is 5.75 Å². The molecular weight excluding hydrogens is 316 g/mol. The van der Waals surface area contributed by atoms with Gasteiger partial charge in [0.05, 0.1) is 6.61 Å². The van der Waals surface area contributed by atoms with Crippen molar-refractivity contribution in [1.82, 2.24) is 0 Å². The number of unbranched alkanes of at least 4 members (excludes halogenated alkanes) is 6. The van der Waals surface area contributed by atoms with Gasteiger partial charge in [0.25, 0.3) is 0 Å². The quantitative estimate of drug-likeness (QED) is 0.444. The van der Waals surface area contributed by atoms with Gasteiger partial charge in [-0.15, -0.1) is 0 Å². The average Bonchev–Trinajstić information content (AvgIpc) is 2.47. The van der Waals surface area contributed by atoms with Gasteiger partial charge in [-0.3, -0.25) is 4.55 Å². The van der Waals surface area contributed by atoms with E-state index in [0.717, 1.165) is 12.8 Å². The third-order valence-corrected chi connectivity index (χ3v) is 4.01. The molecule has 0 saturated carbocycles. The van der Waals surface area contributed by atoms with Crippen LogP contribution in [0.3, 0.4) is 0 Å². The molecule has 1 rings (SSSR count). The molecule has 0 spiro atoms. The Hall–Kier alpha value is -1.27. The molecule has 0 amide bonds. The van der Waals surface area contributed by atoms with Crippen LogP contribution < -0.4 is 8.92 Å². The molecule has 1 aromatic carbocycles. The Bertz CT molecular complexity index is 554. The molecular formula is C17H28O5S.